The molecule has 0 aromatic heterocycles. The number of Topliss-reactive ketones (excluding diaryl/α,β-unsaturated/α-hetero) is 2. The Hall–Kier alpha value is -1.80. The van der Waals surface area contributed by atoms with Gasteiger partial charge in [0.2, 0.25) is 0 Å². The Bertz CT molecular complexity index is 883. The fourth-order valence-corrected chi connectivity index (χ4v) is 8.22. The van der Waals surface area contributed by atoms with Gasteiger partial charge in [-0.3, -0.25) is 14.4 Å². The first kappa shape index (κ1) is 23.9. The van der Waals surface area contributed by atoms with E-state index in [0.29, 0.717) is 12.8 Å². The molecular formula is C26H38N2O6. The number of oxime groups is 1. The lowest BCUT2D eigenvalue weighted by Gasteiger charge is -2.61. The molecule has 5 aliphatic rings. The lowest BCUT2D eigenvalue weighted by molar-refractivity contribution is -0.181. The number of fused-ring (bicyclic) bond motifs is 5. The largest absolute Gasteiger partial charge is 0.465 e. The molecular weight excluding hydrogens is 436 g/mol. The molecule has 8 atom stereocenters. The van der Waals surface area contributed by atoms with Gasteiger partial charge in [-0.05, 0) is 62.8 Å². The maximum Gasteiger partial charge on any atom is 0.302 e. The van der Waals surface area contributed by atoms with Crippen molar-refractivity contribution in [3.8, 4) is 0 Å². The summed E-state index contributed by atoms with van der Waals surface area (Å²) in [5.41, 5.74) is 0.0895. The predicted octanol–water partition coefficient (Wildman–Crippen LogP) is 2.27. The second-order valence-corrected chi connectivity index (χ2v) is 11.5. The number of aliphatic hydroxyl groups excluding tert-OH is 1. The van der Waals surface area contributed by atoms with Crippen LogP contribution in [0.4, 0.5) is 0 Å². The molecule has 0 amide bonds. The van der Waals surface area contributed by atoms with E-state index in [-0.39, 0.29) is 60.5 Å². The minimum absolute atomic E-state index is 0.0173. The van der Waals surface area contributed by atoms with Gasteiger partial charge < -0.3 is 20.0 Å². The van der Waals surface area contributed by atoms with Gasteiger partial charge in [-0.2, -0.15) is 0 Å². The van der Waals surface area contributed by atoms with Gasteiger partial charge in [-0.1, -0.05) is 12.1 Å². The number of hydrogen-bond donors (Lipinski definition) is 2. The summed E-state index contributed by atoms with van der Waals surface area (Å²) in [6.07, 6.45) is 5.88. The van der Waals surface area contributed by atoms with Gasteiger partial charge >= 0.3 is 5.97 Å². The summed E-state index contributed by atoms with van der Waals surface area (Å²) < 4.78 is 5.67. The number of aliphatic hydroxyl groups is 1. The monoisotopic (exact) mass is 474 g/mol. The number of carbonyl (C=O) groups excluding carboxylic acids is 3. The molecule has 1 saturated heterocycles. The molecule has 5 fully saturated rings. The summed E-state index contributed by atoms with van der Waals surface area (Å²) in [6.45, 7) is 5.21. The molecule has 0 aromatic rings. The van der Waals surface area contributed by atoms with Gasteiger partial charge in [0.25, 0.3) is 0 Å². The highest BCUT2D eigenvalue weighted by Crippen LogP contribution is 2.65. The Kier molecular flexibility index (Phi) is 6.34. The zero-order valence-corrected chi connectivity index (χ0v) is 20.4. The quantitative estimate of drug-likeness (QED) is 0.464. The van der Waals surface area contributed by atoms with Gasteiger partial charge in [-0.15, -0.1) is 0 Å². The highest BCUT2D eigenvalue weighted by molar-refractivity contribution is 5.93. The molecule has 8 nitrogen and oxygen atoms in total. The van der Waals surface area contributed by atoms with E-state index in [0.717, 1.165) is 57.3 Å². The first-order valence-corrected chi connectivity index (χ1v) is 13.0. The standard InChI is InChI=1S/C26H38N2O6/c1-15(30)33-14-26-9-5-16(28-34-17-7-10-27-12-17)11-21(26)18(13-29)24(32)23-19-3-4-22(31)25(19,2)8-6-20(23)26/h17-21,23,27,29H,3-14H2,1-2H3/b28-16+/t17?,18-,19?,20?,21?,23?,25+,26+/m1/s1. The third-order valence-corrected chi connectivity index (χ3v) is 10.1. The number of ether oxygens (including phenoxy) is 1. The number of nitrogens with one attached hydrogen (secondary N) is 1. The van der Waals surface area contributed by atoms with Crippen LogP contribution in [-0.4, -0.2) is 60.8 Å². The van der Waals surface area contributed by atoms with Crippen LogP contribution in [0.1, 0.15) is 65.2 Å². The van der Waals surface area contributed by atoms with E-state index in [1.165, 1.54) is 6.92 Å². The second-order valence-electron chi connectivity index (χ2n) is 11.5. The highest BCUT2D eigenvalue weighted by atomic mass is 16.6. The Balaban J connectivity index is 1.48. The van der Waals surface area contributed by atoms with Crippen LogP contribution in [0.2, 0.25) is 0 Å². The molecule has 5 unspecified atom stereocenters. The van der Waals surface area contributed by atoms with Crippen molar-refractivity contribution >= 4 is 23.2 Å². The van der Waals surface area contributed by atoms with Crippen LogP contribution in [0.5, 0.6) is 0 Å². The molecule has 0 radical (unpaired) electrons. The lowest BCUT2D eigenvalue weighted by Crippen LogP contribution is -2.63. The van der Waals surface area contributed by atoms with Gasteiger partial charge in [0.1, 0.15) is 17.7 Å². The molecule has 1 heterocycles. The maximum absolute atomic E-state index is 13.9. The van der Waals surface area contributed by atoms with E-state index in [9.17, 15) is 19.5 Å². The van der Waals surface area contributed by atoms with Crippen molar-refractivity contribution in [2.24, 2.45) is 45.6 Å². The molecule has 5 rings (SSSR count). The normalized spacial score (nSPS) is 45.0. The minimum Gasteiger partial charge on any atom is -0.465 e. The number of nitrogens with zero attached hydrogens (tertiary/aromatic N) is 1. The van der Waals surface area contributed by atoms with E-state index < -0.39 is 16.7 Å². The van der Waals surface area contributed by atoms with Crippen LogP contribution >= 0.6 is 0 Å². The van der Waals surface area contributed by atoms with Gasteiger partial charge in [0.05, 0.1) is 18.9 Å². The SMILES string of the molecule is CC(=O)OC[C@]12CC/C(=N\OC3CCNC3)CC1[C@@H](CO)C(=O)C1C2CC[C@]2(C)C(=O)CCC12. The Labute approximate surface area is 201 Å². The molecule has 188 valence electrons. The predicted molar refractivity (Wildman–Crippen MR) is 124 cm³/mol. The third kappa shape index (κ3) is 3.72. The maximum atomic E-state index is 13.9. The molecule has 1 aliphatic heterocycles. The average Bonchev–Trinajstić information content (AvgIpc) is 3.44. The summed E-state index contributed by atoms with van der Waals surface area (Å²) in [7, 11) is 0. The zero-order valence-electron chi connectivity index (χ0n) is 20.4. The van der Waals surface area contributed by atoms with E-state index in [2.05, 4.69) is 10.5 Å². The molecule has 4 aliphatic carbocycles. The van der Waals surface area contributed by atoms with Crippen molar-refractivity contribution in [3.63, 3.8) is 0 Å². The van der Waals surface area contributed by atoms with Crippen LogP contribution in [0.3, 0.4) is 0 Å². The molecule has 2 N–H and O–H groups in total. The molecule has 34 heavy (non-hydrogen) atoms. The summed E-state index contributed by atoms with van der Waals surface area (Å²) in [4.78, 5) is 44.4. The highest BCUT2D eigenvalue weighted by Gasteiger charge is 2.66. The third-order valence-electron chi connectivity index (χ3n) is 10.1. The Morgan fingerprint density at radius 2 is 1.97 bits per heavy atom. The Morgan fingerprint density at radius 1 is 1.15 bits per heavy atom. The minimum atomic E-state index is -0.534. The van der Waals surface area contributed by atoms with Crippen LogP contribution in [0, 0.1) is 40.4 Å². The van der Waals surface area contributed by atoms with Crippen molar-refractivity contribution in [2.75, 3.05) is 26.3 Å². The molecule has 0 spiro atoms. The van der Waals surface area contributed by atoms with Crippen LogP contribution in [0.15, 0.2) is 5.16 Å². The lowest BCUT2D eigenvalue weighted by atomic mass is 9.42. The number of rotatable bonds is 5. The van der Waals surface area contributed by atoms with Gasteiger partial charge in [0.15, 0.2) is 0 Å². The zero-order chi connectivity index (χ0) is 24.1. The van der Waals surface area contributed by atoms with E-state index in [1.807, 2.05) is 6.92 Å². The summed E-state index contributed by atoms with van der Waals surface area (Å²) in [5.74, 6) is -0.815. The number of esters is 1. The fourth-order valence-electron chi connectivity index (χ4n) is 8.22. The first-order valence-electron chi connectivity index (χ1n) is 13.0. The number of hydrogen-bond acceptors (Lipinski definition) is 8. The van der Waals surface area contributed by atoms with Gasteiger partial charge in [-0.25, -0.2) is 0 Å². The number of ketones is 2. The summed E-state index contributed by atoms with van der Waals surface area (Å²) in [5, 5.41) is 18.2. The Morgan fingerprint density at radius 3 is 2.68 bits per heavy atom. The van der Waals surface area contributed by atoms with E-state index in [4.69, 9.17) is 9.57 Å². The van der Waals surface area contributed by atoms with Crippen molar-refractivity contribution < 1.29 is 29.1 Å². The van der Waals surface area contributed by atoms with Crippen molar-refractivity contribution in [2.45, 2.75) is 71.3 Å². The first-order chi connectivity index (χ1) is 16.3. The van der Waals surface area contributed by atoms with Crippen LogP contribution in [0.25, 0.3) is 0 Å². The van der Waals surface area contributed by atoms with Crippen LogP contribution in [-0.2, 0) is 24.0 Å². The van der Waals surface area contributed by atoms with Gasteiger partial charge in [0, 0.05) is 49.0 Å². The number of carbonyl (C=O) groups is 3. The van der Waals surface area contributed by atoms with E-state index >= 15 is 0 Å². The van der Waals surface area contributed by atoms with Crippen molar-refractivity contribution in [3.05, 3.63) is 0 Å². The topological polar surface area (TPSA) is 114 Å². The van der Waals surface area contributed by atoms with Crippen molar-refractivity contribution in [1.82, 2.24) is 5.32 Å². The molecule has 8 heteroatoms. The molecule has 0 aromatic carbocycles. The average molecular weight is 475 g/mol. The second kappa shape index (κ2) is 9.01. The molecule has 4 saturated carbocycles. The summed E-state index contributed by atoms with van der Waals surface area (Å²) in [6, 6.07) is 0. The van der Waals surface area contributed by atoms with E-state index in [1.54, 1.807) is 0 Å². The smallest absolute Gasteiger partial charge is 0.302 e. The molecule has 0 bridgehead atoms. The fraction of sp³-hybridized carbons (Fsp3) is 0.846. The van der Waals surface area contributed by atoms with Crippen molar-refractivity contribution in [1.29, 1.82) is 0 Å². The van der Waals surface area contributed by atoms with Crippen LogP contribution < -0.4 is 5.32 Å². The summed E-state index contributed by atoms with van der Waals surface area (Å²) >= 11 is 0.